The molecule has 0 bridgehead atoms. The largest absolute Gasteiger partial charge is 0.360 e. The van der Waals surface area contributed by atoms with Gasteiger partial charge in [0.25, 0.3) is 5.91 Å². The molecule has 0 aliphatic rings. The summed E-state index contributed by atoms with van der Waals surface area (Å²) in [5.74, 6) is 0.203. The van der Waals surface area contributed by atoms with Gasteiger partial charge in [0.15, 0.2) is 0 Å². The second-order valence-electron chi connectivity index (χ2n) is 5.24. The first-order valence-electron chi connectivity index (χ1n) is 7.15. The van der Waals surface area contributed by atoms with Crippen LogP contribution in [0.15, 0.2) is 53.1 Å². The Morgan fingerprint density at radius 1 is 1.13 bits per heavy atom. The van der Waals surface area contributed by atoms with E-state index < -0.39 is 0 Å². The first-order valence-corrected chi connectivity index (χ1v) is 7.53. The van der Waals surface area contributed by atoms with Gasteiger partial charge in [-0.3, -0.25) is 4.79 Å². The van der Waals surface area contributed by atoms with Crippen molar-refractivity contribution in [2.45, 2.75) is 13.8 Å². The van der Waals surface area contributed by atoms with E-state index in [1.807, 2.05) is 43.3 Å². The van der Waals surface area contributed by atoms with Gasteiger partial charge >= 0.3 is 0 Å². The average molecular weight is 327 g/mol. The summed E-state index contributed by atoms with van der Waals surface area (Å²) in [5.41, 5.74) is 3.38. The zero-order valence-electron chi connectivity index (χ0n) is 12.8. The maximum atomic E-state index is 12.7. The van der Waals surface area contributed by atoms with Crippen LogP contribution in [0.5, 0.6) is 0 Å². The van der Waals surface area contributed by atoms with Crippen LogP contribution in [0.25, 0.3) is 11.3 Å². The number of amides is 1. The summed E-state index contributed by atoms with van der Waals surface area (Å²) in [7, 11) is 0. The third-order valence-electron chi connectivity index (χ3n) is 3.58. The molecule has 3 aromatic rings. The Morgan fingerprint density at radius 3 is 2.61 bits per heavy atom. The summed E-state index contributed by atoms with van der Waals surface area (Å²) in [5, 5.41) is 7.47. The van der Waals surface area contributed by atoms with Crippen LogP contribution in [-0.4, -0.2) is 11.1 Å². The fraction of sp³-hybridized carbons (Fsp3) is 0.111. The molecule has 4 nitrogen and oxygen atoms in total. The molecule has 3 rings (SSSR count). The summed E-state index contributed by atoms with van der Waals surface area (Å²) >= 11 is 6.00. The molecular formula is C18H15ClN2O2. The monoisotopic (exact) mass is 326 g/mol. The second-order valence-corrected chi connectivity index (χ2v) is 5.68. The number of hydrogen-bond donors (Lipinski definition) is 1. The van der Waals surface area contributed by atoms with Crippen molar-refractivity contribution < 1.29 is 9.32 Å². The number of nitrogens with one attached hydrogen (secondary N) is 1. The van der Waals surface area contributed by atoms with Crippen molar-refractivity contribution in [2.75, 3.05) is 5.32 Å². The van der Waals surface area contributed by atoms with E-state index in [0.717, 1.165) is 11.1 Å². The number of carbonyl (C=O) groups excluding carboxylic acids is 1. The van der Waals surface area contributed by atoms with E-state index >= 15 is 0 Å². The Balaban J connectivity index is 1.97. The quantitative estimate of drug-likeness (QED) is 0.747. The molecule has 1 amide bonds. The smallest absolute Gasteiger partial charge is 0.261 e. The molecule has 1 N–H and O–H groups in total. The van der Waals surface area contributed by atoms with Gasteiger partial charge in [0.2, 0.25) is 0 Å². The van der Waals surface area contributed by atoms with Crippen molar-refractivity contribution in [3.63, 3.8) is 0 Å². The van der Waals surface area contributed by atoms with Gasteiger partial charge in [-0.1, -0.05) is 53.2 Å². The average Bonchev–Trinajstić information content (AvgIpc) is 2.93. The van der Waals surface area contributed by atoms with E-state index in [0.29, 0.717) is 27.7 Å². The molecule has 0 unspecified atom stereocenters. The fourth-order valence-electron chi connectivity index (χ4n) is 2.35. The lowest BCUT2D eigenvalue weighted by atomic mass is 10.1. The van der Waals surface area contributed by atoms with E-state index in [1.165, 1.54) is 0 Å². The number of benzene rings is 2. The Bertz CT molecular complexity index is 857. The molecule has 0 spiro atoms. The molecular weight excluding hydrogens is 312 g/mol. The second kappa shape index (κ2) is 6.26. The van der Waals surface area contributed by atoms with Crippen molar-refractivity contribution >= 4 is 23.2 Å². The highest BCUT2D eigenvalue weighted by Gasteiger charge is 2.22. The Hall–Kier alpha value is -2.59. The Labute approximate surface area is 139 Å². The van der Waals surface area contributed by atoms with Gasteiger partial charge in [0, 0.05) is 16.3 Å². The number of aromatic nitrogens is 1. The molecule has 1 aromatic heterocycles. The van der Waals surface area contributed by atoms with Crippen molar-refractivity contribution in [1.82, 2.24) is 5.16 Å². The number of rotatable bonds is 3. The highest BCUT2D eigenvalue weighted by atomic mass is 35.5. The van der Waals surface area contributed by atoms with Crippen LogP contribution >= 0.6 is 11.6 Å². The van der Waals surface area contributed by atoms with Crippen molar-refractivity contribution in [2.24, 2.45) is 0 Å². The molecule has 5 heteroatoms. The van der Waals surface area contributed by atoms with Gasteiger partial charge in [-0.25, -0.2) is 0 Å². The molecule has 23 heavy (non-hydrogen) atoms. The van der Waals surface area contributed by atoms with Crippen LogP contribution in [0.4, 0.5) is 5.69 Å². The van der Waals surface area contributed by atoms with Crippen LogP contribution in [0.2, 0.25) is 5.02 Å². The fourth-order valence-corrected chi connectivity index (χ4v) is 2.52. The summed E-state index contributed by atoms with van der Waals surface area (Å²) in [6, 6.07) is 14.8. The van der Waals surface area contributed by atoms with Crippen molar-refractivity contribution in [3.8, 4) is 11.3 Å². The number of carbonyl (C=O) groups is 1. The van der Waals surface area contributed by atoms with Gasteiger partial charge in [-0.2, -0.15) is 0 Å². The van der Waals surface area contributed by atoms with Gasteiger partial charge in [0.05, 0.1) is 0 Å². The van der Waals surface area contributed by atoms with Crippen LogP contribution < -0.4 is 5.32 Å². The minimum atomic E-state index is -0.270. The maximum absolute atomic E-state index is 12.7. The number of aryl methyl sites for hydroxylation is 2. The van der Waals surface area contributed by atoms with Crippen molar-refractivity contribution in [1.29, 1.82) is 0 Å². The number of halogens is 1. The normalized spacial score (nSPS) is 10.6. The maximum Gasteiger partial charge on any atom is 0.261 e. The summed E-state index contributed by atoms with van der Waals surface area (Å²) in [4.78, 5) is 12.7. The molecule has 0 saturated carbocycles. The minimum Gasteiger partial charge on any atom is -0.360 e. The molecule has 0 aliphatic heterocycles. The Morgan fingerprint density at radius 2 is 1.87 bits per heavy atom. The van der Waals surface area contributed by atoms with Crippen molar-refractivity contribution in [3.05, 3.63) is 70.4 Å². The lowest BCUT2D eigenvalue weighted by molar-refractivity contribution is 0.102. The third-order valence-corrected chi connectivity index (χ3v) is 3.82. The van der Waals surface area contributed by atoms with E-state index in [-0.39, 0.29) is 5.91 Å². The molecule has 0 aliphatic carbocycles. The zero-order chi connectivity index (χ0) is 16.4. The molecule has 0 saturated heterocycles. The molecule has 0 atom stereocenters. The van der Waals surface area contributed by atoms with E-state index in [1.54, 1.807) is 19.1 Å². The predicted molar refractivity (Wildman–Crippen MR) is 90.8 cm³/mol. The van der Waals surface area contributed by atoms with Gasteiger partial charge < -0.3 is 9.84 Å². The first kappa shape index (κ1) is 15.3. The standard InChI is InChI=1S/C18H15ClN2O2/c1-11-8-9-14(19)10-15(11)20-18(22)16-12(2)23-21-17(16)13-6-4-3-5-7-13/h3-10H,1-2H3,(H,20,22). The van der Waals surface area contributed by atoms with Crippen LogP contribution in [0.3, 0.4) is 0 Å². The van der Waals surface area contributed by atoms with Gasteiger partial charge in [-0.05, 0) is 31.5 Å². The number of nitrogens with zero attached hydrogens (tertiary/aromatic N) is 1. The summed E-state index contributed by atoms with van der Waals surface area (Å²) in [6.07, 6.45) is 0. The third kappa shape index (κ3) is 3.12. The van der Waals surface area contributed by atoms with Crippen LogP contribution in [0, 0.1) is 13.8 Å². The zero-order valence-corrected chi connectivity index (χ0v) is 13.5. The summed E-state index contributed by atoms with van der Waals surface area (Å²) < 4.78 is 5.23. The topological polar surface area (TPSA) is 55.1 Å². The first-order chi connectivity index (χ1) is 11.1. The van der Waals surface area contributed by atoms with Crippen LogP contribution in [-0.2, 0) is 0 Å². The highest BCUT2D eigenvalue weighted by Crippen LogP contribution is 2.27. The molecule has 0 fully saturated rings. The SMILES string of the molecule is Cc1ccc(Cl)cc1NC(=O)c1c(-c2ccccc2)noc1C. The lowest BCUT2D eigenvalue weighted by Gasteiger charge is -2.09. The predicted octanol–water partition coefficient (Wildman–Crippen LogP) is 4.86. The Kier molecular flexibility index (Phi) is 4.17. The highest BCUT2D eigenvalue weighted by molar-refractivity contribution is 6.31. The van der Waals surface area contributed by atoms with E-state index in [2.05, 4.69) is 10.5 Å². The van der Waals surface area contributed by atoms with Gasteiger partial charge in [-0.15, -0.1) is 0 Å². The molecule has 1 heterocycles. The van der Waals surface area contributed by atoms with E-state index in [4.69, 9.17) is 16.1 Å². The molecule has 2 aromatic carbocycles. The lowest BCUT2D eigenvalue weighted by Crippen LogP contribution is -2.14. The molecule has 116 valence electrons. The number of hydrogen-bond acceptors (Lipinski definition) is 3. The van der Waals surface area contributed by atoms with Crippen LogP contribution in [0.1, 0.15) is 21.7 Å². The molecule has 0 radical (unpaired) electrons. The van der Waals surface area contributed by atoms with E-state index in [9.17, 15) is 4.79 Å². The van der Waals surface area contributed by atoms with Gasteiger partial charge in [0.1, 0.15) is 17.0 Å². The summed E-state index contributed by atoms with van der Waals surface area (Å²) in [6.45, 7) is 3.63. The number of anilines is 1. The minimum absolute atomic E-state index is 0.270.